The van der Waals surface area contributed by atoms with E-state index in [-0.39, 0.29) is 27.8 Å². The van der Waals surface area contributed by atoms with Crippen LogP contribution >= 0.6 is 11.8 Å². The van der Waals surface area contributed by atoms with Crippen LogP contribution in [0.3, 0.4) is 0 Å². The van der Waals surface area contributed by atoms with Gasteiger partial charge in [-0.1, -0.05) is 12.1 Å². The average Bonchev–Trinajstić information content (AvgIpc) is 3.86. The maximum Gasteiger partial charge on any atom is 0.260 e. The largest absolute Gasteiger partial charge is 0.374 e. The Morgan fingerprint density at radius 1 is 0.647 bits per heavy atom. The Labute approximate surface area is 398 Å². The zero-order valence-corrected chi connectivity index (χ0v) is 40.1. The highest BCUT2D eigenvalue weighted by Crippen LogP contribution is 2.46. The molecule has 4 aromatic heterocycles. The first-order valence-electron chi connectivity index (χ1n) is 24.3. The summed E-state index contributed by atoms with van der Waals surface area (Å²) in [5.74, 6) is 0.968. The van der Waals surface area contributed by atoms with Gasteiger partial charge >= 0.3 is 0 Å². The second kappa shape index (κ2) is 16.5. The second-order valence-corrected chi connectivity index (χ2v) is 22.5. The molecule has 0 atom stereocenters. The Bertz CT molecular complexity index is 2990. The standard InChI is InChI=1S/C24H28N6O4S.C24H28N6O2S/c1-33-24(12-34-13-24)19-11-20(29-30(19)16-8-9-16)35(31,32)23-26-22(27-28-23)25-21-17-6-2-4-14(17)10-15-5-3-7-18(15)21;1-31-24(12-32-13-24)19-11-20(29-30(19)16-8-9-16)33-23-26-22(27-28-23)25-21-17-6-2-4-14(17)10-15-5-3-7-18(15)21/h10-11,16H,2-9,12-13H2,1H3,(H2,25,26,27,28);10-11,16H,2-9,12-13H2,1H3,(H2,25,26,27,28). The smallest absolute Gasteiger partial charge is 0.260 e. The molecule has 356 valence electrons. The number of fused-ring (bicyclic) bond motifs is 4. The number of aromatic amines is 2. The molecule has 4 N–H and O–H groups in total. The zero-order chi connectivity index (χ0) is 45.8. The van der Waals surface area contributed by atoms with Crippen LogP contribution in [0.15, 0.2) is 44.6 Å². The molecule has 2 aromatic carbocycles. The van der Waals surface area contributed by atoms with Crippen molar-refractivity contribution in [1.29, 1.82) is 0 Å². The molecule has 0 spiro atoms. The van der Waals surface area contributed by atoms with Gasteiger partial charge in [-0.25, -0.2) is 18.6 Å². The van der Waals surface area contributed by atoms with Crippen LogP contribution in [0.2, 0.25) is 0 Å². The minimum absolute atomic E-state index is 0.0491. The number of nitrogens with zero attached hydrogens (tertiary/aromatic N) is 8. The highest BCUT2D eigenvalue weighted by Gasteiger charge is 2.48. The van der Waals surface area contributed by atoms with Gasteiger partial charge in [0.05, 0.1) is 49.9 Å². The van der Waals surface area contributed by atoms with E-state index in [2.05, 4.69) is 64.0 Å². The van der Waals surface area contributed by atoms with Gasteiger partial charge in [-0.2, -0.15) is 20.2 Å². The third-order valence-electron chi connectivity index (χ3n) is 15.3. The molecule has 8 aliphatic rings. The molecule has 68 heavy (non-hydrogen) atoms. The number of hydrogen-bond donors (Lipinski definition) is 4. The molecular formula is C48H56N12O6S2. The summed E-state index contributed by atoms with van der Waals surface area (Å²) in [5, 5.41) is 32.1. The van der Waals surface area contributed by atoms with Gasteiger partial charge in [-0.05, 0) is 165 Å². The maximum absolute atomic E-state index is 13.5. The van der Waals surface area contributed by atoms with Gasteiger partial charge in [0.2, 0.25) is 17.1 Å². The van der Waals surface area contributed by atoms with Gasteiger partial charge in [0.15, 0.2) is 16.2 Å². The van der Waals surface area contributed by atoms with Crippen molar-refractivity contribution >= 4 is 44.9 Å². The summed E-state index contributed by atoms with van der Waals surface area (Å²) in [6, 6.07) is 9.19. The summed E-state index contributed by atoms with van der Waals surface area (Å²) in [7, 11) is -0.620. The second-order valence-electron chi connectivity index (χ2n) is 19.7. The number of anilines is 4. The Hall–Kier alpha value is -5.12. The van der Waals surface area contributed by atoms with Gasteiger partial charge in [0.25, 0.3) is 15.0 Å². The molecule has 2 saturated heterocycles. The van der Waals surface area contributed by atoms with Crippen molar-refractivity contribution in [3.8, 4) is 0 Å². The van der Waals surface area contributed by atoms with Gasteiger partial charge in [0.1, 0.15) is 5.03 Å². The first-order valence-corrected chi connectivity index (χ1v) is 26.6. The van der Waals surface area contributed by atoms with Crippen LogP contribution in [-0.4, -0.2) is 99.0 Å². The fourth-order valence-electron chi connectivity index (χ4n) is 11.2. The van der Waals surface area contributed by atoms with E-state index in [0.29, 0.717) is 43.6 Å². The average molecular weight is 961 g/mol. The van der Waals surface area contributed by atoms with E-state index in [1.54, 1.807) is 25.0 Å². The summed E-state index contributed by atoms with van der Waals surface area (Å²) < 4.78 is 53.4. The number of hydrogen-bond acceptors (Lipinski definition) is 15. The van der Waals surface area contributed by atoms with Crippen molar-refractivity contribution in [2.75, 3.05) is 51.3 Å². The number of aromatic nitrogens is 10. The number of H-pyrrole nitrogens is 2. The molecule has 0 unspecified atom stereocenters. The lowest BCUT2D eigenvalue weighted by molar-refractivity contribution is -0.206. The number of nitrogens with one attached hydrogen (secondary N) is 4. The van der Waals surface area contributed by atoms with Crippen molar-refractivity contribution in [2.45, 2.75) is 146 Å². The lowest BCUT2D eigenvalue weighted by atomic mass is 9.97. The molecular weight excluding hydrogens is 905 g/mol. The first kappa shape index (κ1) is 42.9. The molecule has 2 aliphatic heterocycles. The van der Waals surface area contributed by atoms with E-state index in [4.69, 9.17) is 29.0 Å². The van der Waals surface area contributed by atoms with E-state index in [0.717, 1.165) is 86.3 Å². The van der Waals surface area contributed by atoms with E-state index in [9.17, 15) is 8.42 Å². The van der Waals surface area contributed by atoms with E-state index < -0.39 is 15.4 Å². The maximum atomic E-state index is 13.5. The number of methoxy groups -OCH3 is 2. The lowest BCUT2D eigenvalue weighted by Crippen LogP contribution is -2.49. The highest BCUT2D eigenvalue weighted by molar-refractivity contribution is 7.99. The zero-order valence-electron chi connectivity index (χ0n) is 38.4. The molecule has 0 radical (unpaired) electrons. The summed E-state index contributed by atoms with van der Waals surface area (Å²) in [6.45, 7) is 1.91. The first-order chi connectivity index (χ1) is 33.2. The fourth-order valence-corrected chi connectivity index (χ4v) is 13.0. The number of ether oxygens (including phenoxy) is 4. The molecule has 14 rings (SSSR count). The quantitative estimate of drug-likeness (QED) is 0.0880. The summed E-state index contributed by atoms with van der Waals surface area (Å²) in [6.07, 6.45) is 17.9. The molecule has 6 aromatic rings. The number of benzene rings is 2. The number of rotatable bonds is 14. The molecule has 6 heterocycles. The van der Waals surface area contributed by atoms with Crippen LogP contribution in [0.4, 0.5) is 23.3 Å². The minimum Gasteiger partial charge on any atom is -0.374 e. The Morgan fingerprint density at radius 3 is 1.66 bits per heavy atom. The van der Waals surface area contributed by atoms with Crippen molar-refractivity contribution < 1.29 is 27.4 Å². The predicted molar refractivity (Wildman–Crippen MR) is 250 cm³/mol. The van der Waals surface area contributed by atoms with Crippen LogP contribution in [0.25, 0.3) is 0 Å². The van der Waals surface area contributed by atoms with Crippen LogP contribution in [0.1, 0.15) is 119 Å². The SMILES string of the molecule is COC1(c2cc(S(=O)(=O)c3nc(Nc4c5c(cc6c4CCC6)CCC5)n[nH]3)nn2C2CC2)COC1.COC1(c2cc(Sc3n[nH]c(Nc4c5c(cc6c4CCC6)CCC5)n3)nn2C2CC2)COC1. The molecule has 18 nitrogen and oxygen atoms in total. The monoisotopic (exact) mass is 960 g/mol. The van der Waals surface area contributed by atoms with Crippen molar-refractivity contribution in [1.82, 2.24) is 49.9 Å². The highest BCUT2D eigenvalue weighted by atomic mass is 32.2. The Balaban J connectivity index is 0.000000135. The minimum atomic E-state index is -3.99. The summed E-state index contributed by atoms with van der Waals surface area (Å²) in [5.41, 5.74) is 14.5. The Morgan fingerprint density at radius 2 is 1.16 bits per heavy atom. The van der Waals surface area contributed by atoms with Gasteiger partial charge < -0.3 is 29.6 Å². The van der Waals surface area contributed by atoms with Crippen molar-refractivity contribution in [2.24, 2.45) is 0 Å². The van der Waals surface area contributed by atoms with Gasteiger partial charge in [-0.15, -0.1) is 10.2 Å². The van der Waals surface area contributed by atoms with Crippen LogP contribution in [0.5, 0.6) is 0 Å². The molecule has 6 aliphatic carbocycles. The topological polar surface area (TPSA) is 214 Å². The summed E-state index contributed by atoms with van der Waals surface area (Å²) in [4.78, 5) is 9.10. The van der Waals surface area contributed by atoms with Crippen molar-refractivity contribution in [3.05, 3.63) is 80.2 Å². The molecule has 4 fully saturated rings. The van der Waals surface area contributed by atoms with Gasteiger partial charge in [-0.3, -0.25) is 9.36 Å². The normalized spacial score (nSPS) is 20.5. The van der Waals surface area contributed by atoms with E-state index in [1.807, 2.05) is 0 Å². The number of aryl methyl sites for hydroxylation is 4. The third kappa shape index (κ3) is 7.30. The number of sulfone groups is 1. The van der Waals surface area contributed by atoms with Gasteiger partial charge in [0, 0.05) is 31.7 Å². The third-order valence-corrected chi connectivity index (χ3v) is 17.6. The fraction of sp³-hybridized carbons (Fsp3) is 0.542. The summed E-state index contributed by atoms with van der Waals surface area (Å²) >= 11 is 1.49. The van der Waals surface area contributed by atoms with Crippen LogP contribution < -0.4 is 10.6 Å². The lowest BCUT2D eigenvalue weighted by Gasteiger charge is -2.40. The van der Waals surface area contributed by atoms with E-state index in [1.165, 1.54) is 100 Å². The molecule has 2 saturated carbocycles. The molecule has 0 amide bonds. The van der Waals surface area contributed by atoms with Crippen LogP contribution in [0, 0.1) is 0 Å². The van der Waals surface area contributed by atoms with Crippen LogP contribution in [-0.2, 0) is 91.4 Å². The predicted octanol–water partition coefficient (Wildman–Crippen LogP) is 6.84. The van der Waals surface area contributed by atoms with Crippen molar-refractivity contribution in [3.63, 3.8) is 0 Å². The molecule has 0 bridgehead atoms. The Kier molecular flexibility index (Phi) is 10.4. The molecule has 20 heteroatoms. The van der Waals surface area contributed by atoms with E-state index >= 15 is 0 Å².